The lowest BCUT2D eigenvalue weighted by Crippen LogP contribution is -2.18. The first kappa shape index (κ1) is 22.5. The Kier molecular flexibility index (Phi) is 8.25. The van der Waals surface area contributed by atoms with Crippen LogP contribution in [0.3, 0.4) is 0 Å². The summed E-state index contributed by atoms with van der Waals surface area (Å²) in [5.41, 5.74) is 8.22. The SMILES string of the molecule is CCCCCCc1c(C(=O)c2ccccc2)c(O)c(N)c(CC)c1C(=O)OCC. The van der Waals surface area contributed by atoms with E-state index in [9.17, 15) is 14.7 Å². The number of unbranched alkanes of at least 4 members (excludes halogenated alkanes) is 3. The summed E-state index contributed by atoms with van der Waals surface area (Å²) >= 11 is 0. The number of carbonyl (C=O) groups excluding carboxylic acids is 2. The van der Waals surface area contributed by atoms with Crippen molar-refractivity contribution in [3.63, 3.8) is 0 Å². The van der Waals surface area contributed by atoms with Gasteiger partial charge in [-0.25, -0.2) is 4.79 Å². The lowest BCUT2D eigenvalue weighted by atomic mass is 9.85. The Morgan fingerprint density at radius 3 is 2.24 bits per heavy atom. The van der Waals surface area contributed by atoms with Crippen LogP contribution in [0.5, 0.6) is 5.75 Å². The zero-order valence-corrected chi connectivity index (χ0v) is 17.6. The molecule has 5 heteroatoms. The first-order valence-corrected chi connectivity index (χ1v) is 10.4. The molecule has 29 heavy (non-hydrogen) atoms. The van der Waals surface area contributed by atoms with Gasteiger partial charge in [0.05, 0.1) is 23.4 Å². The zero-order valence-electron chi connectivity index (χ0n) is 17.6. The van der Waals surface area contributed by atoms with Crippen molar-refractivity contribution in [2.45, 2.75) is 59.3 Å². The molecule has 0 fully saturated rings. The van der Waals surface area contributed by atoms with E-state index in [1.807, 2.05) is 13.0 Å². The van der Waals surface area contributed by atoms with Crippen molar-refractivity contribution >= 4 is 17.4 Å². The molecule has 0 bridgehead atoms. The van der Waals surface area contributed by atoms with Gasteiger partial charge in [-0.15, -0.1) is 0 Å². The lowest BCUT2D eigenvalue weighted by Gasteiger charge is -2.21. The van der Waals surface area contributed by atoms with E-state index in [4.69, 9.17) is 10.5 Å². The maximum atomic E-state index is 13.3. The second-order valence-corrected chi connectivity index (χ2v) is 7.05. The molecule has 156 valence electrons. The first-order valence-electron chi connectivity index (χ1n) is 10.4. The number of phenols is 1. The van der Waals surface area contributed by atoms with Crippen LogP contribution in [0.1, 0.15) is 83.9 Å². The molecule has 5 nitrogen and oxygen atoms in total. The van der Waals surface area contributed by atoms with Crippen LogP contribution in [0.25, 0.3) is 0 Å². The molecule has 0 radical (unpaired) electrons. The highest BCUT2D eigenvalue weighted by Crippen LogP contribution is 2.38. The fourth-order valence-corrected chi connectivity index (χ4v) is 3.64. The lowest BCUT2D eigenvalue weighted by molar-refractivity contribution is 0.0524. The van der Waals surface area contributed by atoms with E-state index >= 15 is 0 Å². The predicted octanol–water partition coefficient (Wildman–Crippen LogP) is 5.07. The first-order chi connectivity index (χ1) is 14.0. The van der Waals surface area contributed by atoms with Crippen molar-refractivity contribution in [3.8, 4) is 5.75 Å². The predicted molar refractivity (Wildman–Crippen MR) is 116 cm³/mol. The van der Waals surface area contributed by atoms with Crippen molar-refractivity contribution in [1.29, 1.82) is 0 Å². The molecular weight excluding hydrogens is 366 g/mol. The van der Waals surface area contributed by atoms with Gasteiger partial charge in [0.2, 0.25) is 0 Å². The molecule has 2 rings (SSSR count). The number of hydrogen-bond acceptors (Lipinski definition) is 5. The summed E-state index contributed by atoms with van der Waals surface area (Å²) < 4.78 is 5.29. The summed E-state index contributed by atoms with van der Waals surface area (Å²) in [6.07, 6.45) is 4.89. The van der Waals surface area contributed by atoms with Gasteiger partial charge in [0.15, 0.2) is 5.78 Å². The highest BCUT2D eigenvalue weighted by Gasteiger charge is 2.29. The van der Waals surface area contributed by atoms with Crippen molar-refractivity contribution in [2.75, 3.05) is 12.3 Å². The standard InChI is InChI=1S/C24H31NO4/c1-4-7-8-12-15-18-19(24(28)29-6-3)17(5-2)21(25)23(27)20(18)22(26)16-13-10-9-11-14-16/h9-11,13-14,27H,4-8,12,15,25H2,1-3H3. The van der Waals surface area contributed by atoms with Crippen LogP contribution in [-0.4, -0.2) is 23.5 Å². The van der Waals surface area contributed by atoms with Crippen LogP contribution >= 0.6 is 0 Å². The molecular formula is C24H31NO4. The van der Waals surface area contributed by atoms with Gasteiger partial charge in [-0.05, 0) is 37.3 Å². The van der Waals surface area contributed by atoms with Crippen molar-refractivity contribution in [2.24, 2.45) is 0 Å². The largest absolute Gasteiger partial charge is 0.505 e. The number of esters is 1. The van der Waals surface area contributed by atoms with Crippen molar-refractivity contribution < 1.29 is 19.4 Å². The Hall–Kier alpha value is -2.82. The van der Waals surface area contributed by atoms with Crippen LogP contribution < -0.4 is 5.73 Å². The van der Waals surface area contributed by atoms with E-state index in [1.165, 1.54) is 0 Å². The average Bonchev–Trinajstić information content (AvgIpc) is 2.73. The minimum atomic E-state index is -0.497. The number of rotatable bonds is 10. The second kappa shape index (κ2) is 10.6. The maximum absolute atomic E-state index is 13.3. The van der Waals surface area contributed by atoms with Gasteiger partial charge in [0.1, 0.15) is 5.75 Å². The van der Waals surface area contributed by atoms with Crippen molar-refractivity contribution in [1.82, 2.24) is 0 Å². The quantitative estimate of drug-likeness (QED) is 0.192. The van der Waals surface area contributed by atoms with Crippen molar-refractivity contribution in [3.05, 3.63) is 58.1 Å². The fourth-order valence-electron chi connectivity index (χ4n) is 3.64. The van der Waals surface area contributed by atoms with Gasteiger partial charge in [-0.1, -0.05) is 63.4 Å². The summed E-state index contributed by atoms with van der Waals surface area (Å²) in [4.78, 5) is 26.1. The van der Waals surface area contributed by atoms with E-state index in [-0.39, 0.29) is 29.4 Å². The summed E-state index contributed by atoms with van der Waals surface area (Å²) in [6.45, 7) is 5.95. The molecule has 0 aliphatic carbocycles. The van der Waals surface area contributed by atoms with E-state index < -0.39 is 5.97 Å². The van der Waals surface area contributed by atoms with E-state index in [1.54, 1.807) is 31.2 Å². The number of nitrogen functional groups attached to an aromatic ring is 1. The molecule has 0 atom stereocenters. The molecule has 2 aromatic carbocycles. The Balaban J connectivity index is 2.71. The Morgan fingerprint density at radius 2 is 1.66 bits per heavy atom. The van der Waals surface area contributed by atoms with Crippen LogP contribution in [0, 0.1) is 0 Å². The molecule has 0 saturated heterocycles. The molecule has 3 N–H and O–H groups in total. The van der Waals surface area contributed by atoms with Crippen LogP contribution in [0.2, 0.25) is 0 Å². The molecule has 0 saturated carbocycles. The number of nitrogens with two attached hydrogens (primary N) is 1. The summed E-state index contributed by atoms with van der Waals surface area (Å²) in [5, 5.41) is 10.9. The number of anilines is 1. The third kappa shape index (κ3) is 4.97. The molecule has 2 aromatic rings. The molecule has 0 aliphatic rings. The van der Waals surface area contributed by atoms with Gasteiger partial charge in [-0.3, -0.25) is 4.79 Å². The number of aromatic hydroxyl groups is 1. The van der Waals surface area contributed by atoms with E-state index in [2.05, 4.69) is 6.92 Å². The zero-order chi connectivity index (χ0) is 21.4. The monoisotopic (exact) mass is 397 g/mol. The van der Waals surface area contributed by atoms with Crippen LogP contribution in [-0.2, 0) is 17.6 Å². The van der Waals surface area contributed by atoms with Gasteiger partial charge in [0.25, 0.3) is 0 Å². The number of benzene rings is 2. The highest BCUT2D eigenvalue weighted by atomic mass is 16.5. The smallest absolute Gasteiger partial charge is 0.338 e. The minimum absolute atomic E-state index is 0.0761. The highest BCUT2D eigenvalue weighted by molar-refractivity contribution is 6.14. The van der Waals surface area contributed by atoms with E-state index in [0.717, 1.165) is 25.7 Å². The Bertz CT molecular complexity index is 859. The number of hydrogen-bond donors (Lipinski definition) is 2. The van der Waals surface area contributed by atoms with E-state index in [0.29, 0.717) is 35.1 Å². The minimum Gasteiger partial charge on any atom is -0.505 e. The fraction of sp³-hybridized carbons (Fsp3) is 0.417. The third-order valence-electron chi connectivity index (χ3n) is 5.10. The molecule has 0 unspecified atom stereocenters. The molecule has 0 aromatic heterocycles. The number of ether oxygens (including phenoxy) is 1. The van der Waals surface area contributed by atoms with Crippen LogP contribution in [0.15, 0.2) is 30.3 Å². The summed E-state index contributed by atoms with van der Waals surface area (Å²) in [7, 11) is 0. The third-order valence-corrected chi connectivity index (χ3v) is 5.10. The molecule has 0 heterocycles. The number of phenolic OH excluding ortho intramolecular Hbond substituents is 1. The molecule has 0 aliphatic heterocycles. The maximum Gasteiger partial charge on any atom is 0.338 e. The summed E-state index contributed by atoms with van der Waals surface area (Å²) in [6, 6.07) is 8.73. The van der Waals surface area contributed by atoms with Gasteiger partial charge in [-0.2, -0.15) is 0 Å². The second-order valence-electron chi connectivity index (χ2n) is 7.05. The molecule has 0 spiro atoms. The van der Waals surface area contributed by atoms with Gasteiger partial charge >= 0.3 is 5.97 Å². The number of carbonyl (C=O) groups is 2. The van der Waals surface area contributed by atoms with Crippen LogP contribution in [0.4, 0.5) is 5.69 Å². The normalized spacial score (nSPS) is 10.7. The Morgan fingerprint density at radius 1 is 0.966 bits per heavy atom. The Labute approximate surface area is 172 Å². The van der Waals surface area contributed by atoms with Gasteiger partial charge < -0.3 is 15.6 Å². The average molecular weight is 398 g/mol. The topological polar surface area (TPSA) is 89.6 Å². The number of ketones is 1. The molecule has 0 amide bonds. The summed E-state index contributed by atoms with van der Waals surface area (Å²) in [5.74, 6) is -1.08. The van der Waals surface area contributed by atoms with Gasteiger partial charge in [0, 0.05) is 5.56 Å².